The minimum Gasteiger partial charge on any atom is -0.409 e. The minimum atomic E-state index is -0.967. The number of benzene rings is 3. The first-order valence-corrected chi connectivity index (χ1v) is 12.9. The zero-order valence-corrected chi connectivity index (χ0v) is 22.0. The summed E-state index contributed by atoms with van der Waals surface area (Å²) in [5.41, 5.74) is 1.61. The van der Waals surface area contributed by atoms with Gasteiger partial charge in [0.1, 0.15) is 17.9 Å². The Kier molecular flexibility index (Phi) is 9.42. The van der Waals surface area contributed by atoms with Gasteiger partial charge in [-0.3, -0.25) is 19.7 Å². The van der Waals surface area contributed by atoms with Gasteiger partial charge in [-0.1, -0.05) is 60.7 Å². The van der Waals surface area contributed by atoms with Crippen LogP contribution in [0.1, 0.15) is 24.5 Å². The molecule has 1 N–H and O–H groups in total. The molecular formula is C29H30N4O7. The van der Waals surface area contributed by atoms with E-state index in [0.29, 0.717) is 6.42 Å². The Balaban J connectivity index is 1.44. The number of nitro groups is 1. The molecule has 208 valence electrons. The van der Waals surface area contributed by atoms with Gasteiger partial charge in [-0.15, -0.1) is 0 Å². The van der Waals surface area contributed by atoms with Crippen LogP contribution >= 0.6 is 0 Å². The average molecular weight is 547 g/mol. The highest BCUT2D eigenvalue weighted by atomic mass is 16.6. The van der Waals surface area contributed by atoms with Crippen LogP contribution in [0.4, 0.5) is 10.5 Å². The van der Waals surface area contributed by atoms with E-state index in [9.17, 15) is 24.5 Å². The van der Waals surface area contributed by atoms with Gasteiger partial charge in [0.15, 0.2) is 0 Å². The molecule has 11 heteroatoms. The normalized spacial score (nSPS) is 14.3. The number of carbonyl (C=O) groups is 3. The van der Waals surface area contributed by atoms with Crippen LogP contribution in [0.15, 0.2) is 84.9 Å². The number of non-ortho nitro benzene ring substituents is 1. The van der Waals surface area contributed by atoms with Crippen molar-refractivity contribution in [1.82, 2.24) is 15.3 Å². The summed E-state index contributed by atoms with van der Waals surface area (Å²) in [6, 6.07) is 22.8. The molecule has 1 fully saturated rings. The van der Waals surface area contributed by atoms with Gasteiger partial charge in [0.2, 0.25) is 5.91 Å². The molecular weight excluding hydrogens is 516 g/mol. The number of ether oxygens (including phenoxy) is 2. The Morgan fingerprint density at radius 2 is 1.50 bits per heavy atom. The van der Waals surface area contributed by atoms with Crippen molar-refractivity contribution in [3.8, 4) is 5.75 Å². The van der Waals surface area contributed by atoms with Crippen LogP contribution in [0.2, 0.25) is 0 Å². The highest BCUT2D eigenvalue weighted by molar-refractivity contribution is 5.90. The van der Waals surface area contributed by atoms with Crippen molar-refractivity contribution in [2.75, 3.05) is 13.1 Å². The van der Waals surface area contributed by atoms with Crippen LogP contribution in [0, 0.1) is 10.1 Å². The largest absolute Gasteiger partial charge is 0.434 e. The number of rotatable bonds is 10. The van der Waals surface area contributed by atoms with Crippen LogP contribution in [0.5, 0.6) is 5.75 Å². The number of hydrogen-bond donors (Lipinski definition) is 1. The summed E-state index contributed by atoms with van der Waals surface area (Å²) in [5, 5.41) is 16.1. The molecule has 2 atom stereocenters. The lowest BCUT2D eigenvalue weighted by molar-refractivity contribution is -0.384. The molecule has 0 bridgehead atoms. The van der Waals surface area contributed by atoms with E-state index >= 15 is 0 Å². The monoisotopic (exact) mass is 546 g/mol. The highest BCUT2D eigenvalue weighted by Crippen LogP contribution is 2.21. The second-order valence-corrected chi connectivity index (χ2v) is 9.25. The van der Waals surface area contributed by atoms with Gasteiger partial charge in [0.05, 0.1) is 11.5 Å². The smallest absolute Gasteiger partial charge is 0.409 e. The fourth-order valence-corrected chi connectivity index (χ4v) is 4.21. The molecule has 4 rings (SSSR count). The highest BCUT2D eigenvalue weighted by Gasteiger charge is 2.37. The van der Waals surface area contributed by atoms with Gasteiger partial charge in [0.25, 0.3) is 11.6 Å². The molecule has 0 unspecified atom stereocenters. The van der Waals surface area contributed by atoms with E-state index < -0.39 is 35.0 Å². The molecule has 40 heavy (non-hydrogen) atoms. The Labute approximate surface area is 231 Å². The van der Waals surface area contributed by atoms with E-state index in [1.54, 1.807) is 6.92 Å². The van der Waals surface area contributed by atoms with Gasteiger partial charge in [-0.25, -0.2) is 14.8 Å². The predicted octanol–water partition coefficient (Wildman–Crippen LogP) is 3.88. The first-order valence-electron chi connectivity index (χ1n) is 12.9. The van der Waals surface area contributed by atoms with Crippen molar-refractivity contribution in [2.45, 2.75) is 38.5 Å². The number of nitrogens with one attached hydrogen (secondary N) is 1. The first-order chi connectivity index (χ1) is 19.3. The molecule has 1 heterocycles. The number of carbonyl (C=O) groups excluding carboxylic acids is 3. The molecule has 1 aliphatic heterocycles. The van der Waals surface area contributed by atoms with Gasteiger partial charge in [-0.05, 0) is 36.6 Å². The van der Waals surface area contributed by atoms with Crippen LogP contribution in [0.3, 0.4) is 0 Å². The maximum absolute atomic E-state index is 13.7. The third-order valence-electron chi connectivity index (χ3n) is 6.36. The summed E-state index contributed by atoms with van der Waals surface area (Å²) in [6.07, 6.45) is -0.903. The van der Waals surface area contributed by atoms with E-state index in [1.807, 2.05) is 60.7 Å². The van der Waals surface area contributed by atoms with Crippen LogP contribution < -0.4 is 10.1 Å². The molecule has 0 aliphatic carbocycles. The molecule has 1 aliphatic rings. The van der Waals surface area contributed by atoms with Crippen molar-refractivity contribution in [3.05, 3.63) is 106 Å². The van der Waals surface area contributed by atoms with Gasteiger partial charge in [0, 0.05) is 31.6 Å². The fourth-order valence-electron chi connectivity index (χ4n) is 4.21. The SMILES string of the molecule is C[C@@H](OCc1ccccc1)C(=O)N[C@@H](Cc1ccccc1)C(=O)N1CCCN1C(=O)Oc1ccc([N+](=O)[O-])cc1. The summed E-state index contributed by atoms with van der Waals surface area (Å²) in [4.78, 5) is 50.1. The third kappa shape index (κ3) is 7.41. The quantitative estimate of drug-likeness (QED) is 0.302. The molecule has 0 aromatic heterocycles. The van der Waals surface area contributed by atoms with Crippen LogP contribution in [-0.2, 0) is 27.4 Å². The van der Waals surface area contributed by atoms with E-state index in [1.165, 1.54) is 34.3 Å². The van der Waals surface area contributed by atoms with Crippen molar-refractivity contribution in [3.63, 3.8) is 0 Å². The van der Waals surface area contributed by atoms with Crippen LogP contribution in [0.25, 0.3) is 0 Å². The number of hydrogen-bond acceptors (Lipinski definition) is 7. The van der Waals surface area contributed by atoms with E-state index in [2.05, 4.69) is 5.32 Å². The lowest BCUT2D eigenvalue weighted by Gasteiger charge is -2.31. The maximum atomic E-state index is 13.7. The van der Waals surface area contributed by atoms with E-state index in [4.69, 9.17) is 9.47 Å². The fraction of sp³-hybridized carbons (Fsp3) is 0.276. The van der Waals surface area contributed by atoms with Crippen molar-refractivity contribution < 1.29 is 28.8 Å². The summed E-state index contributed by atoms with van der Waals surface area (Å²) < 4.78 is 11.1. The molecule has 11 nitrogen and oxygen atoms in total. The Hall–Kier alpha value is -4.77. The average Bonchev–Trinajstić information content (AvgIpc) is 3.47. The zero-order valence-electron chi connectivity index (χ0n) is 22.0. The molecule has 0 spiro atoms. The minimum absolute atomic E-state index is 0.105. The maximum Gasteiger partial charge on any atom is 0.434 e. The number of amides is 3. The summed E-state index contributed by atoms with van der Waals surface area (Å²) >= 11 is 0. The Bertz CT molecular complexity index is 1320. The second kappa shape index (κ2) is 13.3. The molecule has 3 aromatic carbocycles. The van der Waals surface area contributed by atoms with Gasteiger partial charge in [-0.2, -0.15) is 0 Å². The number of nitro benzene ring substituents is 1. The van der Waals surface area contributed by atoms with Gasteiger partial charge < -0.3 is 14.8 Å². The molecule has 3 aromatic rings. The lowest BCUT2D eigenvalue weighted by Crippen LogP contribution is -2.56. The zero-order chi connectivity index (χ0) is 28.5. The molecule has 3 amide bonds. The second-order valence-electron chi connectivity index (χ2n) is 9.25. The summed E-state index contributed by atoms with van der Waals surface area (Å²) in [5.74, 6) is -0.816. The predicted molar refractivity (Wildman–Crippen MR) is 145 cm³/mol. The number of nitrogens with zero attached hydrogens (tertiary/aromatic N) is 3. The van der Waals surface area contributed by atoms with E-state index in [0.717, 1.165) is 11.1 Å². The third-order valence-corrected chi connectivity index (χ3v) is 6.36. The van der Waals surface area contributed by atoms with Crippen molar-refractivity contribution in [1.29, 1.82) is 0 Å². The molecule has 0 saturated carbocycles. The van der Waals surface area contributed by atoms with Crippen molar-refractivity contribution in [2.24, 2.45) is 0 Å². The molecule has 0 radical (unpaired) electrons. The van der Waals surface area contributed by atoms with Crippen molar-refractivity contribution >= 4 is 23.6 Å². The van der Waals surface area contributed by atoms with Gasteiger partial charge >= 0.3 is 6.09 Å². The summed E-state index contributed by atoms with van der Waals surface area (Å²) in [7, 11) is 0. The number of hydrazine groups is 1. The topological polar surface area (TPSA) is 131 Å². The Morgan fingerprint density at radius 3 is 2.12 bits per heavy atom. The first kappa shape index (κ1) is 28.2. The Morgan fingerprint density at radius 1 is 0.900 bits per heavy atom. The summed E-state index contributed by atoms with van der Waals surface area (Å²) in [6.45, 7) is 2.35. The van der Waals surface area contributed by atoms with Crippen LogP contribution in [-0.4, -0.2) is 58.1 Å². The van der Waals surface area contributed by atoms with E-state index in [-0.39, 0.29) is 37.6 Å². The standard InChI is InChI=1S/C29H30N4O7/c1-21(39-20-23-11-6-3-7-12-23)27(34)30-26(19-22-9-4-2-5-10-22)28(35)31-17-8-18-32(31)29(36)40-25-15-13-24(14-16-25)33(37)38/h2-7,9-16,21,26H,8,17-20H2,1H3,(H,30,34)/t21-,26+/m1/s1. The molecule has 1 saturated heterocycles. The lowest BCUT2D eigenvalue weighted by atomic mass is 10.0.